The van der Waals surface area contributed by atoms with E-state index in [-0.39, 0.29) is 5.91 Å². The van der Waals surface area contributed by atoms with E-state index in [9.17, 15) is 4.79 Å². The zero-order valence-corrected chi connectivity index (χ0v) is 16.8. The highest BCUT2D eigenvalue weighted by atomic mass is 35.5. The fraction of sp³-hybridized carbons (Fsp3) is 0.294. The highest BCUT2D eigenvalue weighted by Crippen LogP contribution is 2.33. The summed E-state index contributed by atoms with van der Waals surface area (Å²) in [6.07, 6.45) is 1.03. The van der Waals surface area contributed by atoms with Crippen LogP contribution in [0.4, 0.5) is 5.13 Å². The van der Waals surface area contributed by atoms with Gasteiger partial charge < -0.3 is 4.52 Å². The number of nitrogens with one attached hydrogen (secondary N) is 1. The molecule has 26 heavy (non-hydrogen) atoms. The summed E-state index contributed by atoms with van der Waals surface area (Å²) < 4.78 is 6.05. The van der Waals surface area contributed by atoms with Crippen molar-refractivity contribution in [1.29, 1.82) is 0 Å². The molecule has 0 saturated heterocycles. The van der Waals surface area contributed by atoms with E-state index in [2.05, 4.69) is 34.5 Å². The van der Waals surface area contributed by atoms with Crippen LogP contribution in [-0.4, -0.2) is 26.5 Å². The largest absolute Gasteiger partial charge is 0.360 e. The molecule has 0 bridgehead atoms. The van der Waals surface area contributed by atoms with Gasteiger partial charge in [-0.1, -0.05) is 71.9 Å². The first-order chi connectivity index (χ1) is 12.5. The van der Waals surface area contributed by atoms with Crippen LogP contribution in [0.1, 0.15) is 36.4 Å². The Kier molecular flexibility index (Phi) is 5.95. The molecule has 0 aliphatic carbocycles. The first-order valence-electron chi connectivity index (χ1n) is 8.02. The average Bonchev–Trinajstić information content (AvgIpc) is 3.21. The normalized spacial score (nSPS) is 12.2. The molecular formula is C17H17ClN4O2S2. The van der Waals surface area contributed by atoms with E-state index in [1.807, 2.05) is 12.1 Å². The maximum Gasteiger partial charge on any atom is 0.263 e. The quantitative estimate of drug-likeness (QED) is 0.440. The topological polar surface area (TPSA) is 80.9 Å². The van der Waals surface area contributed by atoms with Gasteiger partial charge in [-0.05, 0) is 19.4 Å². The second kappa shape index (κ2) is 8.20. The van der Waals surface area contributed by atoms with Gasteiger partial charge in [0.2, 0.25) is 5.13 Å². The van der Waals surface area contributed by atoms with Crippen LogP contribution >= 0.6 is 34.7 Å². The Morgan fingerprint density at radius 3 is 2.88 bits per heavy atom. The summed E-state index contributed by atoms with van der Waals surface area (Å²) in [5.74, 6) is 0.0612. The maximum atomic E-state index is 12.8. The number of carbonyl (C=O) groups excluding carboxylic acids is 1. The van der Waals surface area contributed by atoms with E-state index in [0.717, 1.165) is 10.8 Å². The van der Waals surface area contributed by atoms with Gasteiger partial charge in [0.1, 0.15) is 17.0 Å². The van der Waals surface area contributed by atoms with Crippen molar-refractivity contribution in [2.45, 2.75) is 36.8 Å². The number of aromatic nitrogens is 3. The molecule has 0 aliphatic heterocycles. The predicted octanol–water partition coefficient (Wildman–Crippen LogP) is 5.30. The molecule has 0 saturated carbocycles. The molecule has 1 unspecified atom stereocenters. The molecule has 0 spiro atoms. The zero-order chi connectivity index (χ0) is 18.7. The van der Waals surface area contributed by atoms with Crippen LogP contribution in [0.25, 0.3) is 11.3 Å². The Bertz CT molecular complexity index is 925. The van der Waals surface area contributed by atoms with Crippen molar-refractivity contribution >= 4 is 45.7 Å². The van der Waals surface area contributed by atoms with Crippen molar-refractivity contribution in [1.82, 2.24) is 15.4 Å². The molecule has 1 N–H and O–H groups in total. The van der Waals surface area contributed by atoms with Gasteiger partial charge in [-0.25, -0.2) is 0 Å². The minimum absolute atomic E-state index is 0.337. The lowest BCUT2D eigenvalue weighted by Gasteiger charge is -2.04. The number of carbonyl (C=O) groups is 1. The van der Waals surface area contributed by atoms with E-state index in [0.29, 0.717) is 38.0 Å². The lowest BCUT2D eigenvalue weighted by Crippen LogP contribution is -2.13. The van der Waals surface area contributed by atoms with Gasteiger partial charge in [-0.15, -0.1) is 10.2 Å². The lowest BCUT2D eigenvalue weighted by atomic mass is 10.1. The molecule has 0 aliphatic rings. The number of halogens is 1. The number of anilines is 1. The number of rotatable bonds is 6. The van der Waals surface area contributed by atoms with Crippen LogP contribution in [0.3, 0.4) is 0 Å². The fourth-order valence-electron chi connectivity index (χ4n) is 2.20. The van der Waals surface area contributed by atoms with Crippen molar-refractivity contribution in [2.75, 3.05) is 5.32 Å². The van der Waals surface area contributed by atoms with Gasteiger partial charge in [-0.3, -0.25) is 10.1 Å². The van der Waals surface area contributed by atoms with Gasteiger partial charge in [-0.2, -0.15) is 0 Å². The fourth-order valence-corrected chi connectivity index (χ4v) is 4.42. The van der Waals surface area contributed by atoms with Gasteiger partial charge in [0.25, 0.3) is 5.91 Å². The number of aryl methyl sites for hydroxylation is 1. The first kappa shape index (κ1) is 18.9. The lowest BCUT2D eigenvalue weighted by molar-refractivity contribution is 0.102. The first-order valence-corrected chi connectivity index (χ1v) is 10.1. The summed E-state index contributed by atoms with van der Waals surface area (Å²) in [6.45, 7) is 5.93. The molecule has 0 radical (unpaired) electrons. The minimum Gasteiger partial charge on any atom is -0.360 e. The van der Waals surface area contributed by atoms with Crippen molar-refractivity contribution in [3.63, 3.8) is 0 Å². The van der Waals surface area contributed by atoms with E-state index < -0.39 is 0 Å². The number of hydrogen-bond acceptors (Lipinski definition) is 7. The predicted molar refractivity (Wildman–Crippen MR) is 105 cm³/mol. The van der Waals surface area contributed by atoms with Gasteiger partial charge in [0.05, 0.1) is 5.02 Å². The summed E-state index contributed by atoms with van der Waals surface area (Å²) >= 11 is 9.22. The molecule has 1 aromatic carbocycles. The molecule has 3 rings (SSSR count). The zero-order valence-electron chi connectivity index (χ0n) is 14.4. The smallest absolute Gasteiger partial charge is 0.263 e. The number of nitrogens with zero attached hydrogens (tertiary/aromatic N) is 3. The number of benzene rings is 1. The number of amides is 1. The SMILES string of the molecule is CCC(C)Sc1nnc(NC(=O)c2c(-c3ccccc3Cl)noc2C)s1. The summed E-state index contributed by atoms with van der Waals surface area (Å²) in [4.78, 5) is 12.8. The molecule has 9 heteroatoms. The molecule has 136 valence electrons. The molecule has 1 amide bonds. The Hall–Kier alpha value is -1.90. The van der Waals surface area contributed by atoms with E-state index in [4.69, 9.17) is 16.1 Å². The van der Waals surface area contributed by atoms with Crippen molar-refractivity contribution in [3.8, 4) is 11.3 Å². The third-order valence-electron chi connectivity index (χ3n) is 3.72. The van der Waals surface area contributed by atoms with Gasteiger partial charge in [0.15, 0.2) is 4.34 Å². The van der Waals surface area contributed by atoms with Crippen LogP contribution in [0.15, 0.2) is 33.1 Å². The van der Waals surface area contributed by atoms with Gasteiger partial charge in [0, 0.05) is 10.8 Å². The van der Waals surface area contributed by atoms with Crippen LogP contribution < -0.4 is 5.32 Å². The summed E-state index contributed by atoms with van der Waals surface area (Å²) in [5.41, 5.74) is 1.38. The standard InChI is InChI=1S/C17H17ClN4O2S2/c1-4-9(2)25-17-21-20-16(26-17)19-15(23)13-10(3)24-22-14(13)11-7-5-6-8-12(11)18/h5-9H,4H2,1-3H3,(H,19,20,23). The average molecular weight is 409 g/mol. The number of hydrogen-bond donors (Lipinski definition) is 1. The summed E-state index contributed by atoms with van der Waals surface area (Å²) in [7, 11) is 0. The third kappa shape index (κ3) is 4.08. The molecule has 2 aromatic heterocycles. The van der Waals surface area contributed by atoms with Crippen LogP contribution in [0.5, 0.6) is 0 Å². The maximum absolute atomic E-state index is 12.8. The Balaban J connectivity index is 1.83. The van der Waals surface area contributed by atoms with E-state index in [1.165, 1.54) is 11.3 Å². The van der Waals surface area contributed by atoms with Crippen molar-refractivity contribution in [3.05, 3.63) is 40.6 Å². The molecule has 0 fully saturated rings. The molecule has 1 atom stereocenters. The van der Waals surface area contributed by atoms with E-state index >= 15 is 0 Å². The van der Waals surface area contributed by atoms with Crippen molar-refractivity contribution < 1.29 is 9.32 Å². The van der Waals surface area contributed by atoms with Gasteiger partial charge >= 0.3 is 0 Å². The Labute approximate surface area is 164 Å². The molecule has 6 nitrogen and oxygen atoms in total. The second-order valence-electron chi connectivity index (χ2n) is 5.61. The van der Waals surface area contributed by atoms with E-state index in [1.54, 1.807) is 30.8 Å². The Morgan fingerprint density at radius 1 is 1.38 bits per heavy atom. The summed E-state index contributed by atoms with van der Waals surface area (Å²) in [6, 6.07) is 7.18. The highest BCUT2D eigenvalue weighted by molar-refractivity contribution is 8.01. The molecule has 3 aromatic rings. The monoisotopic (exact) mass is 408 g/mol. The van der Waals surface area contributed by atoms with Crippen LogP contribution in [0, 0.1) is 6.92 Å². The highest BCUT2D eigenvalue weighted by Gasteiger charge is 2.24. The van der Waals surface area contributed by atoms with Crippen LogP contribution in [0.2, 0.25) is 5.02 Å². The summed E-state index contributed by atoms with van der Waals surface area (Å²) in [5, 5.41) is 16.3. The molecule has 2 heterocycles. The van der Waals surface area contributed by atoms with Crippen LogP contribution in [-0.2, 0) is 0 Å². The minimum atomic E-state index is -0.352. The van der Waals surface area contributed by atoms with Crippen molar-refractivity contribution in [2.24, 2.45) is 0 Å². The Morgan fingerprint density at radius 2 is 2.15 bits per heavy atom. The third-order valence-corrected chi connectivity index (χ3v) is 6.24. The number of thioether (sulfide) groups is 1. The molecular weight excluding hydrogens is 392 g/mol. The second-order valence-corrected chi connectivity index (χ2v) is 8.68.